The van der Waals surface area contributed by atoms with Gasteiger partial charge in [-0.25, -0.2) is 9.69 Å². The SMILES string of the molecule is CCS[C@H]1CC(=O)N(c2ccc(C(=O)O)cc2)C1=O. The first-order chi connectivity index (χ1) is 9.04. The molecule has 2 amide bonds. The van der Waals surface area contributed by atoms with E-state index in [1.807, 2.05) is 6.92 Å². The minimum absolute atomic E-state index is 0.127. The summed E-state index contributed by atoms with van der Waals surface area (Å²) in [5, 5.41) is 8.48. The summed E-state index contributed by atoms with van der Waals surface area (Å²) in [6.45, 7) is 1.94. The number of thioether (sulfide) groups is 1. The van der Waals surface area contributed by atoms with E-state index in [9.17, 15) is 14.4 Å². The van der Waals surface area contributed by atoms with Crippen LogP contribution in [0.1, 0.15) is 23.7 Å². The number of amides is 2. The number of nitrogens with zero attached hydrogens (tertiary/aromatic N) is 1. The fourth-order valence-electron chi connectivity index (χ4n) is 1.96. The van der Waals surface area contributed by atoms with E-state index in [1.54, 1.807) is 0 Å². The number of carboxylic acid groups (broad SMARTS) is 1. The number of carboxylic acids is 1. The molecule has 5 nitrogen and oxygen atoms in total. The van der Waals surface area contributed by atoms with Gasteiger partial charge in [-0.05, 0) is 30.0 Å². The lowest BCUT2D eigenvalue weighted by molar-refractivity contribution is -0.121. The van der Waals surface area contributed by atoms with Crippen LogP contribution in [0.4, 0.5) is 5.69 Å². The van der Waals surface area contributed by atoms with Crippen molar-refractivity contribution in [3.8, 4) is 0 Å². The number of carbonyl (C=O) groups excluding carboxylic acids is 2. The molecule has 19 heavy (non-hydrogen) atoms. The molecule has 0 aromatic heterocycles. The van der Waals surface area contributed by atoms with Crippen LogP contribution in [0, 0.1) is 0 Å². The molecular weight excluding hydrogens is 266 g/mol. The maximum atomic E-state index is 12.1. The number of benzene rings is 1. The van der Waals surface area contributed by atoms with Gasteiger partial charge in [-0.1, -0.05) is 6.92 Å². The van der Waals surface area contributed by atoms with Gasteiger partial charge in [-0.3, -0.25) is 9.59 Å². The van der Waals surface area contributed by atoms with Crippen LogP contribution in [0.15, 0.2) is 24.3 Å². The molecule has 0 unspecified atom stereocenters. The first-order valence-corrected chi connectivity index (χ1v) is 6.91. The third-order valence-electron chi connectivity index (χ3n) is 2.85. The molecule has 0 spiro atoms. The molecule has 1 heterocycles. The minimum Gasteiger partial charge on any atom is -0.478 e. The molecule has 0 radical (unpaired) electrons. The molecule has 6 heteroatoms. The second kappa shape index (κ2) is 5.44. The average Bonchev–Trinajstić information content (AvgIpc) is 2.65. The van der Waals surface area contributed by atoms with Gasteiger partial charge < -0.3 is 5.11 Å². The van der Waals surface area contributed by atoms with Gasteiger partial charge in [0.05, 0.1) is 16.5 Å². The minimum atomic E-state index is -1.04. The van der Waals surface area contributed by atoms with E-state index in [0.29, 0.717) is 5.69 Å². The Kier molecular flexibility index (Phi) is 3.90. The topological polar surface area (TPSA) is 74.7 Å². The fraction of sp³-hybridized carbons (Fsp3) is 0.308. The van der Waals surface area contributed by atoms with Crippen molar-refractivity contribution in [2.24, 2.45) is 0 Å². The van der Waals surface area contributed by atoms with E-state index < -0.39 is 5.97 Å². The summed E-state index contributed by atoms with van der Waals surface area (Å²) < 4.78 is 0. The van der Waals surface area contributed by atoms with Crippen LogP contribution >= 0.6 is 11.8 Å². The Morgan fingerprint density at radius 1 is 1.37 bits per heavy atom. The van der Waals surface area contributed by atoms with Crippen LogP contribution in [0.5, 0.6) is 0 Å². The number of rotatable bonds is 4. The predicted molar refractivity (Wildman–Crippen MR) is 72.4 cm³/mol. The van der Waals surface area contributed by atoms with Crippen LogP contribution in [-0.4, -0.2) is 33.9 Å². The number of hydrogen-bond donors (Lipinski definition) is 1. The van der Waals surface area contributed by atoms with Gasteiger partial charge in [0, 0.05) is 6.42 Å². The molecule has 1 saturated heterocycles. The van der Waals surface area contributed by atoms with Crippen molar-refractivity contribution < 1.29 is 19.5 Å². The summed E-state index contributed by atoms with van der Waals surface area (Å²) in [6.07, 6.45) is 0.206. The van der Waals surface area contributed by atoms with Crippen molar-refractivity contribution >= 4 is 35.2 Å². The molecule has 1 fully saturated rings. The zero-order valence-corrected chi connectivity index (χ0v) is 11.1. The van der Waals surface area contributed by atoms with Gasteiger partial charge in [0.15, 0.2) is 0 Å². The van der Waals surface area contributed by atoms with Crippen molar-refractivity contribution in [3.05, 3.63) is 29.8 Å². The van der Waals surface area contributed by atoms with E-state index in [1.165, 1.54) is 36.0 Å². The van der Waals surface area contributed by atoms with Crippen LogP contribution in [0.25, 0.3) is 0 Å². The summed E-state index contributed by atoms with van der Waals surface area (Å²) in [5.74, 6) is -0.723. The van der Waals surface area contributed by atoms with Crippen molar-refractivity contribution in [1.82, 2.24) is 0 Å². The second-order valence-corrected chi connectivity index (χ2v) is 5.55. The van der Waals surface area contributed by atoms with Crippen LogP contribution in [0.3, 0.4) is 0 Å². The number of aromatic carboxylic acids is 1. The summed E-state index contributed by atoms with van der Waals surface area (Å²) in [6, 6.07) is 5.74. The average molecular weight is 279 g/mol. The maximum absolute atomic E-state index is 12.1. The highest BCUT2D eigenvalue weighted by atomic mass is 32.2. The zero-order valence-electron chi connectivity index (χ0n) is 10.3. The highest BCUT2D eigenvalue weighted by molar-refractivity contribution is 8.00. The van der Waals surface area contributed by atoms with Crippen molar-refractivity contribution in [2.45, 2.75) is 18.6 Å². The van der Waals surface area contributed by atoms with E-state index >= 15 is 0 Å². The first kappa shape index (κ1) is 13.6. The molecule has 0 aliphatic carbocycles. The van der Waals surface area contributed by atoms with Crippen LogP contribution in [-0.2, 0) is 9.59 Å². The van der Waals surface area contributed by atoms with Gasteiger partial charge >= 0.3 is 5.97 Å². The Labute approximate surface area is 114 Å². The van der Waals surface area contributed by atoms with E-state index in [2.05, 4.69) is 0 Å². The molecule has 0 bridgehead atoms. The summed E-state index contributed by atoms with van der Waals surface area (Å²) >= 11 is 1.45. The van der Waals surface area contributed by atoms with Gasteiger partial charge in [0.2, 0.25) is 11.8 Å². The number of carbonyl (C=O) groups is 3. The van der Waals surface area contributed by atoms with E-state index in [4.69, 9.17) is 5.11 Å². The second-order valence-electron chi connectivity index (χ2n) is 4.07. The van der Waals surface area contributed by atoms with E-state index in [-0.39, 0.29) is 29.0 Å². The summed E-state index contributed by atoms with van der Waals surface area (Å²) in [4.78, 5) is 35.8. The van der Waals surface area contributed by atoms with Gasteiger partial charge in [0.25, 0.3) is 0 Å². The van der Waals surface area contributed by atoms with Crippen molar-refractivity contribution in [3.63, 3.8) is 0 Å². The monoisotopic (exact) mass is 279 g/mol. The maximum Gasteiger partial charge on any atom is 0.335 e. The smallest absolute Gasteiger partial charge is 0.335 e. The van der Waals surface area contributed by atoms with Crippen LogP contribution < -0.4 is 4.90 Å². The molecule has 1 aliphatic heterocycles. The van der Waals surface area contributed by atoms with E-state index in [0.717, 1.165) is 10.7 Å². The largest absolute Gasteiger partial charge is 0.478 e. The molecule has 1 atom stereocenters. The molecule has 1 aromatic rings. The number of anilines is 1. The predicted octanol–water partition coefficient (Wildman–Crippen LogP) is 1.77. The zero-order chi connectivity index (χ0) is 14.0. The normalized spacial score (nSPS) is 19.0. The summed E-state index contributed by atoms with van der Waals surface area (Å²) in [7, 11) is 0. The van der Waals surface area contributed by atoms with Gasteiger partial charge in [0.1, 0.15) is 0 Å². The first-order valence-electron chi connectivity index (χ1n) is 5.86. The Bertz CT molecular complexity index is 526. The Hall–Kier alpha value is -1.82. The lowest BCUT2D eigenvalue weighted by Crippen LogP contribution is -2.31. The number of imide groups is 1. The number of hydrogen-bond acceptors (Lipinski definition) is 4. The Morgan fingerprint density at radius 2 is 2.00 bits per heavy atom. The lowest BCUT2D eigenvalue weighted by atomic mass is 10.2. The fourth-order valence-corrected chi connectivity index (χ4v) is 2.87. The highest BCUT2D eigenvalue weighted by Gasteiger charge is 2.39. The third-order valence-corrected chi connectivity index (χ3v) is 3.95. The van der Waals surface area contributed by atoms with Crippen LogP contribution in [0.2, 0.25) is 0 Å². The van der Waals surface area contributed by atoms with Crippen molar-refractivity contribution in [1.29, 1.82) is 0 Å². The Morgan fingerprint density at radius 3 is 2.53 bits per heavy atom. The Balaban J connectivity index is 2.24. The summed E-state index contributed by atoms with van der Waals surface area (Å²) in [5.41, 5.74) is 0.557. The quantitative estimate of drug-likeness (QED) is 0.850. The lowest BCUT2D eigenvalue weighted by Gasteiger charge is -2.14. The standard InChI is InChI=1S/C13H13NO4S/c1-2-19-10-7-11(15)14(12(10)16)9-5-3-8(4-6-9)13(17)18/h3-6,10H,2,7H2,1H3,(H,17,18)/t10-/m0/s1. The van der Waals surface area contributed by atoms with Crippen molar-refractivity contribution in [2.75, 3.05) is 10.7 Å². The molecule has 0 saturated carbocycles. The highest BCUT2D eigenvalue weighted by Crippen LogP contribution is 2.29. The van der Waals surface area contributed by atoms with Gasteiger partial charge in [-0.2, -0.15) is 0 Å². The molecular formula is C13H13NO4S. The molecule has 1 aliphatic rings. The molecule has 100 valence electrons. The third kappa shape index (κ3) is 2.63. The molecule has 2 rings (SSSR count). The van der Waals surface area contributed by atoms with Gasteiger partial charge in [-0.15, -0.1) is 11.8 Å². The molecule has 1 aromatic carbocycles. The molecule has 1 N–H and O–H groups in total.